The molecule has 24 heavy (non-hydrogen) atoms. The van der Waals surface area contributed by atoms with Gasteiger partial charge < -0.3 is 9.84 Å². The van der Waals surface area contributed by atoms with Crippen LogP contribution in [0.15, 0.2) is 72.3 Å². The zero-order valence-corrected chi connectivity index (χ0v) is 13.7. The van der Waals surface area contributed by atoms with Gasteiger partial charge in [0.2, 0.25) is 0 Å². The molecular formula is C20H20O4. The molecule has 4 heteroatoms. The lowest BCUT2D eigenvalue weighted by molar-refractivity contribution is -0.135. The van der Waals surface area contributed by atoms with Gasteiger partial charge in [-0.2, -0.15) is 0 Å². The number of ether oxygens (including phenoxy) is 1. The standard InChI is InChI=1S/2C10H10O2/c1-12-10(11)8-7-9-5-3-2-4-6-9;1-8(10(11)12)7-9-5-3-2-4-6-9/h2-8H,1H3;2-7H,1H3,(H,11,12). The Morgan fingerprint density at radius 3 is 1.88 bits per heavy atom. The van der Waals surface area contributed by atoms with E-state index in [2.05, 4.69) is 4.74 Å². The molecule has 0 aromatic heterocycles. The minimum Gasteiger partial charge on any atom is -0.478 e. The SMILES string of the molecule is CC(=Cc1ccccc1)C(=O)O.COC(=O)C=Cc1ccccc1. The Kier molecular flexibility index (Phi) is 8.32. The van der Waals surface area contributed by atoms with E-state index >= 15 is 0 Å². The Labute approximate surface area is 141 Å². The molecule has 0 atom stereocenters. The fraction of sp³-hybridized carbons (Fsp3) is 0.100. The van der Waals surface area contributed by atoms with Crippen LogP contribution in [0.3, 0.4) is 0 Å². The molecule has 1 N–H and O–H groups in total. The van der Waals surface area contributed by atoms with E-state index in [1.54, 1.807) is 19.1 Å². The van der Waals surface area contributed by atoms with Crippen LogP contribution in [0.1, 0.15) is 18.1 Å². The van der Waals surface area contributed by atoms with Crippen LogP contribution in [0.25, 0.3) is 12.2 Å². The van der Waals surface area contributed by atoms with Gasteiger partial charge in [-0.25, -0.2) is 9.59 Å². The van der Waals surface area contributed by atoms with E-state index in [0.717, 1.165) is 11.1 Å². The number of carboxylic acid groups (broad SMARTS) is 1. The van der Waals surface area contributed by atoms with Crippen molar-refractivity contribution >= 4 is 24.1 Å². The largest absolute Gasteiger partial charge is 0.478 e. The molecule has 0 radical (unpaired) electrons. The Morgan fingerprint density at radius 2 is 1.42 bits per heavy atom. The molecule has 0 saturated heterocycles. The predicted molar refractivity (Wildman–Crippen MR) is 95.2 cm³/mol. The van der Waals surface area contributed by atoms with Crippen LogP contribution in [0, 0.1) is 0 Å². The van der Waals surface area contributed by atoms with Gasteiger partial charge in [-0.05, 0) is 30.2 Å². The highest BCUT2D eigenvalue weighted by Crippen LogP contribution is 2.05. The van der Waals surface area contributed by atoms with Gasteiger partial charge in [0.05, 0.1) is 7.11 Å². The number of benzene rings is 2. The van der Waals surface area contributed by atoms with Crippen LogP contribution in [-0.4, -0.2) is 24.2 Å². The Hall–Kier alpha value is -3.14. The number of hydrogen-bond donors (Lipinski definition) is 1. The smallest absolute Gasteiger partial charge is 0.331 e. The van der Waals surface area contributed by atoms with Crippen molar-refractivity contribution in [3.05, 3.63) is 83.4 Å². The van der Waals surface area contributed by atoms with Crippen molar-refractivity contribution in [2.24, 2.45) is 0 Å². The molecule has 4 nitrogen and oxygen atoms in total. The average molecular weight is 324 g/mol. The maximum absolute atomic E-state index is 10.7. The number of hydrogen-bond acceptors (Lipinski definition) is 3. The number of carbonyl (C=O) groups is 2. The zero-order valence-electron chi connectivity index (χ0n) is 13.7. The van der Waals surface area contributed by atoms with Crippen LogP contribution in [0.4, 0.5) is 0 Å². The lowest BCUT2D eigenvalue weighted by Gasteiger charge is -1.93. The quantitative estimate of drug-likeness (QED) is 0.681. The molecule has 0 unspecified atom stereocenters. The highest BCUT2D eigenvalue weighted by atomic mass is 16.5. The summed E-state index contributed by atoms with van der Waals surface area (Å²) >= 11 is 0. The second kappa shape index (κ2) is 10.6. The summed E-state index contributed by atoms with van der Waals surface area (Å²) < 4.78 is 4.45. The fourth-order valence-electron chi connectivity index (χ4n) is 1.66. The third-order valence-corrected chi connectivity index (χ3v) is 2.93. The molecule has 2 rings (SSSR count). The van der Waals surface area contributed by atoms with Gasteiger partial charge in [-0.15, -0.1) is 0 Å². The first kappa shape index (κ1) is 18.9. The maximum Gasteiger partial charge on any atom is 0.331 e. The van der Waals surface area contributed by atoms with E-state index in [-0.39, 0.29) is 5.97 Å². The minimum atomic E-state index is -0.876. The van der Waals surface area contributed by atoms with Crippen LogP contribution in [0.2, 0.25) is 0 Å². The summed E-state index contributed by atoms with van der Waals surface area (Å²) in [5.74, 6) is -1.21. The van der Waals surface area contributed by atoms with E-state index in [4.69, 9.17) is 5.11 Å². The van der Waals surface area contributed by atoms with E-state index in [9.17, 15) is 9.59 Å². The summed E-state index contributed by atoms with van der Waals surface area (Å²) in [4.78, 5) is 21.1. The lowest BCUT2D eigenvalue weighted by atomic mass is 10.1. The van der Waals surface area contributed by atoms with Crippen LogP contribution in [-0.2, 0) is 14.3 Å². The first-order valence-electron chi connectivity index (χ1n) is 7.30. The van der Waals surface area contributed by atoms with Crippen LogP contribution >= 0.6 is 0 Å². The van der Waals surface area contributed by atoms with Crippen LogP contribution in [0.5, 0.6) is 0 Å². The van der Waals surface area contributed by atoms with Gasteiger partial charge in [0, 0.05) is 11.6 Å². The molecular weight excluding hydrogens is 304 g/mol. The molecule has 0 aliphatic rings. The minimum absolute atomic E-state index is 0.334. The first-order chi connectivity index (χ1) is 11.5. The second-order valence-corrected chi connectivity index (χ2v) is 4.81. The van der Waals surface area contributed by atoms with Crippen molar-refractivity contribution in [2.75, 3.05) is 7.11 Å². The third kappa shape index (κ3) is 7.75. The molecule has 0 aliphatic carbocycles. The zero-order chi connectivity index (χ0) is 17.8. The Balaban J connectivity index is 0.000000240. The van der Waals surface area contributed by atoms with E-state index < -0.39 is 5.97 Å². The van der Waals surface area contributed by atoms with Crippen molar-refractivity contribution in [2.45, 2.75) is 6.92 Å². The van der Waals surface area contributed by atoms with Crippen LogP contribution < -0.4 is 0 Å². The van der Waals surface area contributed by atoms with E-state index in [0.29, 0.717) is 5.57 Å². The van der Waals surface area contributed by atoms with E-state index in [1.165, 1.54) is 13.2 Å². The molecule has 2 aromatic carbocycles. The summed E-state index contributed by atoms with van der Waals surface area (Å²) in [7, 11) is 1.36. The van der Waals surface area contributed by atoms with Crippen molar-refractivity contribution in [1.29, 1.82) is 0 Å². The molecule has 0 saturated carbocycles. The number of aliphatic carboxylic acids is 1. The average Bonchev–Trinajstić information content (AvgIpc) is 2.62. The van der Waals surface area contributed by atoms with Gasteiger partial charge in [-0.3, -0.25) is 0 Å². The second-order valence-electron chi connectivity index (χ2n) is 4.81. The van der Waals surface area contributed by atoms with Gasteiger partial charge in [0.25, 0.3) is 0 Å². The molecule has 0 bridgehead atoms. The van der Waals surface area contributed by atoms with Gasteiger partial charge in [0.15, 0.2) is 0 Å². The van der Waals surface area contributed by atoms with E-state index in [1.807, 2.05) is 60.7 Å². The first-order valence-corrected chi connectivity index (χ1v) is 7.30. The Bertz CT molecular complexity index is 699. The third-order valence-electron chi connectivity index (χ3n) is 2.93. The number of rotatable bonds is 4. The number of carboxylic acids is 1. The summed E-state index contributed by atoms with van der Waals surface area (Å²) in [5.41, 5.74) is 2.25. The summed E-state index contributed by atoms with van der Waals surface area (Å²) in [5, 5.41) is 8.58. The number of esters is 1. The van der Waals surface area contributed by atoms with Crippen molar-refractivity contribution in [3.63, 3.8) is 0 Å². The Morgan fingerprint density at radius 1 is 0.917 bits per heavy atom. The normalized spacial score (nSPS) is 10.7. The predicted octanol–water partition coefficient (Wildman–Crippen LogP) is 4.05. The fourth-order valence-corrected chi connectivity index (χ4v) is 1.66. The molecule has 0 spiro atoms. The summed E-state index contributed by atoms with van der Waals surface area (Å²) in [6.07, 6.45) is 4.75. The molecule has 0 amide bonds. The molecule has 2 aromatic rings. The number of carbonyl (C=O) groups excluding carboxylic acids is 1. The maximum atomic E-state index is 10.7. The summed E-state index contributed by atoms with van der Waals surface area (Å²) in [6.45, 7) is 1.58. The molecule has 124 valence electrons. The van der Waals surface area contributed by atoms with Crippen molar-refractivity contribution < 1.29 is 19.4 Å². The number of methoxy groups -OCH3 is 1. The topological polar surface area (TPSA) is 63.6 Å². The van der Waals surface area contributed by atoms with Gasteiger partial charge >= 0.3 is 11.9 Å². The molecule has 0 aliphatic heterocycles. The van der Waals surface area contributed by atoms with Gasteiger partial charge in [0.1, 0.15) is 0 Å². The summed E-state index contributed by atoms with van der Waals surface area (Å²) in [6, 6.07) is 19.0. The molecule has 0 heterocycles. The highest BCUT2D eigenvalue weighted by molar-refractivity contribution is 5.91. The van der Waals surface area contributed by atoms with Crippen molar-refractivity contribution in [1.82, 2.24) is 0 Å². The highest BCUT2D eigenvalue weighted by Gasteiger charge is 1.98. The molecule has 0 fully saturated rings. The van der Waals surface area contributed by atoms with Crippen molar-refractivity contribution in [3.8, 4) is 0 Å². The monoisotopic (exact) mass is 324 g/mol. The lowest BCUT2D eigenvalue weighted by Crippen LogP contribution is -1.95. The van der Waals surface area contributed by atoms with Gasteiger partial charge in [-0.1, -0.05) is 60.7 Å².